The van der Waals surface area contributed by atoms with Crippen LogP contribution in [0.2, 0.25) is 0 Å². The predicted molar refractivity (Wildman–Crippen MR) is 74.6 cm³/mol. The Bertz CT molecular complexity index is 409. The van der Waals surface area contributed by atoms with Crippen molar-refractivity contribution in [2.45, 2.75) is 44.9 Å². The maximum absolute atomic E-state index is 5.92. The zero-order chi connectivity index (χ0) is 13.9. The fraction of sp³-hybridized carbons (Fsp3) is 0.600. The molecule has 0 amide bonds. The van der Waals surface area contributed by atoms with Crippen LogP contribution in [0.3, 0.4) is 0 Å². The lowest BCUT2D eigenvalue weighted by molar-refractivity contribution is -0.0330. The van der Waals surface area contributed by atoms with Crippen LogP contribution in [0.5, 0.6) is 11.5 Å². The van der Waals surface area contributed by atoms with Crippen molar-refractivity contribution in [3.63, 3.8) is 0 Å². The Morgan fingerprint density at radius 2 is 2.21 bits per heavy atom. The highest BCUT2D eigenvalue weighted by molar-refractivity contribution is 5.46. The van der Waals surface area contributed by atoms with Crippen molar-refractivity contribution in [1.82, 2.24) is 0 Å². The average molecular weight is 265 g/mol. The van der Waals surface area contributed by atoms with E-state index in [9.17, 15) is 0 Å². The number of nitrogens with two attached hydrogens (primary N) is 1. The number of benzene rings is 1. The Kier molecular flexibility index (Phi) is 4.32. The van der Waals surface area contributed by atoms with Crippen molar-refractivity contribution in [3.05, 3.63) is 23.8 Å². The molecule has 1 saturated heterocycles. The van der Waals surface area contributed by atoms with Crippen molar-refractivity contribution in [3.8, 4) is 11.5 Å². The summed E-state index contributed by atoms with van der Waals surface area (Å²) in [7, 11) is 1.64. The molecule has 4 nitrogen and oxygen atoms in total. The van der Waals surface area contributed by atoms with E-state index >= 15 is 0 Å². The summed E-state index contributed by atoms with van der Waals surface area (Å²) in [5.74, 6) is 1.46. The summed E-state index contributed by atoms with van der Waals surface area (Å²) in [4.78, 5) is 0. The van der Waals surface area contributed by atoms with E-state index in [-0.39, 0.29) is 11.7 Å². The molecular weight excluding hydrogens is 242 g/mol. The van der Waals surface area contributed by atoms with Gasteiger partial charge < -0.3 is 19.9 Å². The zero-order valence-corrected chi connectivity index (χ0v) is 11.9. The van der Waals surface area contributed by atoms with Gasteiger partial charge in [-0.1, -0.05) is 12.1 Å². The molecule has 1 aromatic rings. The fourth-order valence-electron chi connectivity index (χ4n) is 2.42. The Labute approximate surface area is 114 Å². The second-order valence-corrected chi connectivity index (χ2v) is 5.50. The maximum atomic E-state index is 5.92. The minimum Gasteiger partial charge on any atom is -0.493 e. The quantitative estimate of drug-likeness (QED) is 0.888. The van der Waals surface area contributed by atoms with Crippen LogP contribution in [0.25, 0.3) is 0 Å². The molecule has 1 fully saturated rings. The summed E-state index contributed by atoms with van der Waals surface area (Å²) in [5.41, 5.74) is 6.65. The van der Waals surface area contributed by atoms with Crippen molar-refractivity contribution < 1.29 is 14.2 Å². The van der Waals surface area contributed by atoms with Gasteiger partial charge in [0.1, 0.15) is 6.61 Å². The van der Waals surface area contributed by atoms with Gasteiger partial charge in [-0.2, -0.15) is 0 Å². The number of hydrogen-bond acceptors (Lipinski definition) is 4. The van der Waals surface area contributed by atoms with E-state index < -0.39 is 0 Å². The van der Waals surface area contributed by atoms with Gasteiger partial charge in [-0.3, -0.25) is 0 Å². The topological polar surface area (TPSA) is 53.7 Å². The number of hydrogen-bond donors (Lipinski definition) is 1. The van der Waals surface area contributed by atoms with Crippen LogP contribution in [-0.4, -0.2) is 25.4 Å². The largest absolute Gasteiger partial charge is 0.493 e. The summed E-state index contributed by atoms with van der Waals surface area (Å²) in [6.07, 6.45) is 2.24. The van der Waals surface area contributed by atoms with Crippen molar-refractivity contribution >= 4 is 0 Å². The van der Waals surface area contributed by atoms with Gasteiger partial charge in [0.15, 0.2) is 11.5 Å². The molecule has 1 atom stereocenters. The van der Waals surface area contributed by atoms with Gasteiger partial charge in [-0.05, 0) is 32.8 Å². The lowest BCUT2D eigenvalue weighted by atomic mass is 10.1. The van der Waals surface area contributed by atoms with Crippen LogP contribution in [0.15, 0.2) is 18.2 Å². The lowest BCUT2D eigenvalue weighted by Gasteiger charge is -2.20. The Balaban J connectivity index is 2.03. The summed E-state index contributed by atoms with van der Waals surface area (Å²) < 4.78 is 17.1. The van der Waals surface area contributed by atoms with Gasteiger partial charge in [0, 0.05) is 12.1 Å². The number of rotatable bonds is 5. The molecule has 2 rings (SSSR count). The van der Waals surface area contributed by atoms with E-state index in [1.54, 1.807) is 7.11 Å². The first-order valence-corrected chi connectivity index (χ1v) is 6.72. The standard InChI is InChI=1S/C15H23NO3/c1-15(2)8-7-12(19-15)10-18-14-11(9-16)5-4-6-13(14)17-3/h4-6,12H,7-10,16H2,1-3H3. The monoisotopic (exact) mass is 265 g/mol. The van der Waals surface area contributed by atoms with Gasteiger partial charge >= 0.3 is 0 Å². The van der Waals surface area contributed by atoms with Gasteiger partial charge in [0.25, 0.3) is 0 Å². The lowest BCUT2D eigenvalue weighted by Crippen LogP contribution is -2.24. The van der Waals surface area contributed by atoms with E-state index in [2.05, 4.69) is 13.8 Å². The predicted octanol–water partition coefficient (Wildman–Crippen LogP) is 2.49. The summed E-state index contributed by atoms with van der Waals surface area (Å²) in [6.45, 7) is 5.20. The fourth-order valence-corrected chi connectivity index (χ4v) is 2.42. The van der Waals surface area contributed by atoms with Gasteiger partial charge in [-0.25, -0.2) is 0 Å². The van der Waals surface area contributed by atoms with E-state index in [0.717, 1.165) is 29.9 Å². The molecule has 0 spiro atoms. The molecule has 1 aliphatic heterocycles. The zero-order valence-electron chi connectivity index (χ0n) is 11.9. The molecule has 0 aromatic heterocycles. The van der Waals surface area contributed by atoms with Crippen molar-refractivity contribution in [2.24, 2.45) is 5.73 Å². The van der Waals surface area contributed by atoms with Crippen molar-refractivity contribution in [1.29, 1.82) is 0 Å². The highest BCUT2D eigenvalue weighted by Crippen LogP contribution is 2.33. The highest BCUT2D eigenvalue weighted by Gasteiger charge is 2.32. The molecule has 0 radical (unpaired) electrons. The van der Waals surface area contributed by atoms with Crippen LogP contribution in [0.1, 0.15) is 32.3 Å². The summed E-state index contributed by atoms with van der Waals surface area (Å²) in [6, 6.07) is 5.76. The molecule has 4 heteroatoms. The molecule has 1 aliphatic rings. The molecule has 1 aromatic carbocycles. The molecule has 1 heterocycles. The number of ether oxygens (including phenoxy) is 3. The van der Waals surface area contributed by atoms with Crippen LogP contribution < -0.4 is 15.2 Å². The molecule has 0 bridgehead atoms. The molecule has 2 N–H and O–H groups in total. The van der Waals surface area contributed by atoms with E-state index in [1.165, 1.54) is 0 Å². The minimum atomic E-state index is -0.0362. The first-order chi connectivity index (χ1) is 9.05. The van der Waals surface area contributed by atoms with E-state index in [1.807, 2.05) is 18.2 Å². The van der Waals surface area contributed by atoms with Gasteiger partial charge in [0.05, 0.1) is 18.8 Å². The maximum Gasteiger partial charge on any atom is 0.165 e. The molecule has 106 valence electrons. The third-order valence-corrected chi connectivity index (χ3v) is 3.47. The molecule has 1 unspecified atom stereocenters. The Morgan fingerprint density at radius 3 is 2.79 bits per heavy atom. The smallest absolute Gasteiger partial charge is 0.165 e. The number of methoxy groups -OCH3 is 1. The van der Waals surface area contributed by atoms with E-state index in [4.69, 9.17) is 19.9 Å². The second kappa shape index (κ2) is 5.80. The third-order valence-electron chi connectivity index (χ3n) is 3.47. The van der Waals surface area contributed by atoms with Crippen LogP contribution in [-0.2, 0) is 11.3 Å². The second-order valence-electron chi connectivity index (χ2n) is 5.50. The van der Waals surface area contributed by atoms with Gasteiger partial charge in [0.2, 0.25) is 0 Å². The molecule has 0 saturated carbocycles. The highest BCUT2D eigenvalue weighted by atomic mass is 16.6. The van der Waals surface area contributed by atoms with Crippen molar-refractivity contribution in [2.75, 3.05) is 13.7 Å². The number of para-hydroxylation sites is 1. The first-order valence-electron chi connectivity index (χ1n) is 6.72. The van der Waals surface area contributed by atoms with E-state index in [0.29, 0.717) is 13.2 Å². The van der Waals surface area contributed by atoms with Crippen LogP contribution in [0, 0.1) is 0 Å². The molecular formula is C15H23NO3. The van der Waals surface area contributed by atoms with Gasteiger partial charge in [-0.15, -0.1) is 0 Å². The minimum absolute atomic E-state index is 0.0362. The Morgan fingerprint density at radius 1 is 1.42 bits per heavy atom. The normalized spacial score (nSPS) is 21.4. The summed E-state index contributed by atoms with van der Waals surface area (Å²) >= 11 is 0. The first kappa shape index (κ1) is 14.2. The summed E-state index contributed by atoms with van der Waals surface area (Å²) in [5, 5.41) is 0. The average Bonchev–Trinajstić information content (AvgIpc) is 2.75. The Hall–Kier alpha value is -1.26. The molecule has 0 aliphatic carbocycles. The van der Waals surface area contributed by atoms with Crippen LogP contribution in [0.4, 0.5) is 0 Å². The van der Waals surface area contributed by atoms with Crippen LogP contribution >= 0.6 is 0 Å². The molecule has 19 heavy (non-hydrogen) atoms. The third kappa shape index (κ3) is 3.39. The SMILES string of the molecule is COc1cccc(CN)c1OCC1CCC(C)(C)O1.